The molecule has 1 radical (unpaired) electrons. The molecule has 0 aliphatic rings. The van der Waals surface area contributed by atoms with E-state index in [2.05, 4.69) is 0 Å². The fourth-order valence-electron chi connectivity index (χ4n) is 1.42. The Hall–Kier alpha value is -1.50. The number of fused-ring (bicyclic) bond motifs is 1. The van der Waals surface area contributed by atoms with E-state index in [9.17, 15) is 5.11 Å². The molecule has 1 nitrogen and oxygen atoms in total. The van der Waals surface area contributed by atoms with E-state index >= 15 is 0 Å². The average Bonchev–Trinajstić information content (AvgIpc) is 2.04. The first-order chi connectivity index (χ1) is 5.77. The molecule has 2 aromatic carbocycles. The second-order valence-electron chi connectivity index (χ2n) is 2.98. The van der Waals surface area contributed by atoms with Crippen LogP contribution in [0.25, 0.3) is 10.8 Å². The third-order valence-electron chi connectivity index (χ3n) is 1.97. The molecule has 0 aromatic heterocycles. The zero-order valence-electron chi connectivity index (χ0n) is 6.87. The van der Waals surface area contributed by atoms with Crippen LogP contribution in [-0.2, 0) is 5.11 Å². The molecule has 0 aliphatic carbocycles. The number of aryl methyl sites for hydroxylation is 1. The van der Waals surface area contributed by atoms with Crippen LogP contribution in [0, 0.1) is 6.92 Å². The minimum atomic E-state index is 0.116. The van der Waals surface area contributed by atoms with Crippen LogP contribution < -0.4 is 0 Å². The maximum Gasteiger partial charge on any atom is 0.186 e. The summed E-state index contributed by atoms with van der Waals surface area (Å²) in [5.41, 5.74) is 1.03. The summed E-state index contributed by atoms with van der Waals surface area (Å²) < 4.78 is 0. The molecule has 0 unspecified atom stereocenters. The molecule has 0 fully saturated rings. The molecule has 0 heterocycles. The van der Waals surface area contributed by atoms with Crippen molar-refractivity contribution in [1.82, 2.24) is 0 Å². The van der Waals surface area contributed by atoms with Gasteiger partial charge in [0.2, 0.25) is 0 Å². The molecule has 0 spiro atoms. The lowest BCUT2D eigenvalue weighted by Gasteiger charge is -1.99. The minimum Gasteiger partial charge on any atom is -0.289 e. The summed E-state index contributed by atoms with van der Waals surface area (Å²) in [7, 11) is 0. The van der Waals surface area contributed by atoms with Crippen molar-refractivity contribution >= 4 is 10.8 Å². The Morgan fingerprint density at radius 2 is 1.83 bits per heavy atom. The molecule has 0 atom stereocenters. The second-order valence-corrected chi connectivity index (χ2v) is 2.98. The standard InChI is InChI=1S/C11H9O/c1-8-6-9-4-2-3-5-10(9)11(12)7-8/h2-7H,1H3. The van der Waals surface area contributed by atoms with Gasteiger partial charge in [-0.3, -0.25) is 5.11 Å². The van der Waals surface area contributed by atoms with Gasteiger partial charge in [0.05, 0.1) is 0 Å². The fraction of sp³-hybridized carbons (Fsp3) is 0.0909. The highest BCUT2D eigenvalue weighted by molar-refractivity contribution is 5.88. The van der Waals surface area contributed by atoms with Crippen molar-refractivity contribution in [2.24, 2.45) is 0 Å². The summed E-state index contributed by atoms with van der Waals surface area (Å²) in [5.74, 6) is 0.116. The molecule has 1 heteroatoms. The molecule has 0 N–H and O–H groups in total. The molecule has 0 saturated carbocycles. The first-order valence-electron chi connectivity index (χ1n) is 3.94. The van der Waals surface area contributed by atoms with Crippen molar-refractivity contribution in [3.63, 3.8) is 0 Å². The van der Waals surface area contributed by atoms with E-state index in [1.165, 1.54) is 0 Å². The van der Waals surface area contributed by atoms with Gasteiger partial charge in [-0.25, -0.2) is 0 Å². The van der Waals surface area contributed by atoms with E-state index < -0.39 is 0 Å². The zero-order chi connectivity index (χ0) is 8.55. The second kappa shape index (κ2) is 2.52. The molecule has 0 saturated heterocycles. The van der Waals surface area contributed by atoms with E-state index in [4.69, 9.17) is 0 Å². The van der Waals surface area contributed by atoms with Crippen LogP contribution >= 0.6 is 0 Å². The number of hydrogen-bond donors (Lipinski definition) is 0. The third-order valence-corrected chi connectivity index (χ3v) is 1.97. The van der Waals surface area contributed by atoms with Crippen molar-refractivity contribution in [2.45, 2.75) is 6.92 Å². The first-order valence-corrected chi connectivity index (χ1v) is 3.94. The van der Waals surface area contributed by atoms with E-state index in [1.807, 2.05) is 37.3 Å². The van der Waals surface area contributed by atoms with Gasteiger partial charge in [0.1, 0.15) is 0 Å². The summed E-state index contributed by atoms with van der Waals surface area (Å²) in [6.45, 7) is 1.94. The van der Waals surface area contributed by atoms with Crippen molar-refractivity contribution in [3.05, 3.63) is 42.0 Å². The lowest BCUT2D eigenvalue weighted by molar-refractivity contribution is 0.360. The van der Waals surface area contributed by atoms with Crippen LogP contribution in [0.2, 0.25) is 0 Å². The smallest absolute Gasteiger partial charge is 0.186 e. The van der Waals surface area contributed by atoms with Crippen LogP contribution in [0.1, 0.15) is 5.56 Å². The summed E-state index contributed by atoms with van der Waals surface area (Å²) in [5, 5.41) is 13.2. The van der Waals surface area contributed by atoms with Crippen LogP contribution in [0.4, 0.5) is 0 Å². The molecule has 0 aliphatic heterocycles. The highest BCUT2D eigenvalue weighted by atomic mass is 16.3. The van der Waals surface area contributed by atoms with Gasteiger partial charge in [-0.05, 0) is 23.9 Å². The van der Waals surface area contributed by atoms with Crippen molar-refractivity contribution in [1.29, 1.82) is 0 Å². The Balaban J connectivity index is 2.89. The normalized spacial score (nSPS) is 10.4. The number of benzene rings is 2. The van der Waals surface area contributed by atoms with Gasteiger partial charge >= 0.3 is 0 Å². The van der Waals surface area contributed by atoms with Gasteiger partial charge in [-0.15, -0.1) is 0 Å². The van der Waals surface area contributed by atoms with Gasteiger partial charge < -0.3 is 0 Å². The van der Waals surface area contributed by atoms with Gasteiger partial charge in [0.15, 0.2) is 5.75 Å². The average molecular weight is 157 g/mol. The van der Waals surface area contributed by atoms with E-state index in [0.29, 0.717) is 0 Å². The molecule has 0 bridgehead atoms. The third kappa shape index (κ3) is 1.03. The molecule has 59 valence electrons. The first kappa shape index (κ1) is 7.17. The Morgan fingerprint density at radius 1 is 1.08 bits per heavy atom. The zero-order valence-corrected chi connectivity index (χ0v) is 6.87. The monoisotopic (exact) mass is 157 g/mol. The Kier molecular flexibility index (Phi) is 1.51. The molecule has 0 amide bonds. The maximum absolute atomic E-state index is 11.4. The number of rotatable bonds is 0. The summed E-state index contributed by atoms with van der Waals surface area (Å²) in [4.78, 5) is 0. The maximum atomic E-state index is 11.4. The molecule has 2 aromatic rings. The lowest BCUT2D eigenvalue weighted by Crippen LogP contribution is -1.75. The Bertz CT molecular complexity index is 418. The van der Waals surface area contributed by atoms with Crippen LogP contribution in [0.3, 0.4) is 0 Å². The predicted molar refractivity (Wildman–Crippen MR) is 48.8 cm³/mol. The van der Waals surface area contributed by atoms with Gasteiger partial charge in [-0.2, -0.15) is 0 Å². The summed E-state index contributed by atoms with van der Waals surface area (Å²) in [6.07, 6.45) is 0. The molecule has 12 heavy (non-hydrogen) atoms. The summed E-state index contributed by atoms with van der Waals surface area (Å²) >= 11 is 0. The molecular formula is C11H9O. The highest BCUT2D eigenvalue weighted by Gasteiger charge is 2.00. The largest absolute Gasteiger partial charge is 0.289 e. The number of hydrogen-bond acceptors (Lipinski definition) is 0. The van der Waals surface area contributed by atoms with Gasteiger partial charge in [0.25, 0.3) is 0 Å². The van der Waals surface area contributed by atoms with Gasteiger partial charge in [-0.1, -0.05) is 30.3 Å². The highest BCUT2D eigenvalue weighted by Crippen LogP contribution is 2.26. The Morgan fingerprint density at radius 3 is 2.67 bits per heavy atom. The molecule has 2 rings (SSSR count). The van der Waals surface area contributed by atoms with E-state index in [0.717, 1.165) is 16.3 Å². The van der Waals surface area contributed by atoms with Crippen LogP contribution in [0.15, 0.2) is 36.4 Å². The van der Waals surface area contributed by atoms with E-state index in [-0.39, 0.29) is 5.75 Å². The van der Waals surface area contributed by atoms with Crippen LogP contribution in [0.5, 0.6) is 5.75 Å². The SMILES string of the molecule is Cc1cc([O])c2ccccc2c1. The predicted octanol–water partition coefficient (Wildman–Crippen LogP) is 3.29. The van der Waals surface area contributed by atoms with Crippen molar-refractivity contribution in [3.8, 4) is 5.75 Å². The molecular weight excluding hydrogens is 148 g/mol. The quantitative estimate of drug-likeness (QED) is 0.559. The fourth-order valence-corrected chi connectivity index (χ4v) is 1.42. The van der Waals surface area contributed by atoms with E-state index in [1.54, 1.807) is 6.07 Å². The topological polar surface area (TPSA) is 19.9 Å². The van der Waals surface area contributed by atoms with Crippen LogP contribution in [-0.4, -0.2) is 0 Å². The van der Waals surface area contributed by atoms with Crippen molar-refractivity contribution in [2.75, 3.05) is 0 Å². The lowest BCUT2D eigenvalue weighted by atomic mass is 10.1. The van der Waals surface area contributed by atoms with Crippen molar-refractivity contribution < 1.29 is 5.11 Å². The van der Waals surface area contributed by atoms with Gasteiger partial charge in [0, 0.05) is 5.39 Å². The minimum absolute atomic E-state index is 0.116. The summed E-state index contributed by atoms with van der Waals surface area (Å²) in [6, 6.07) is 11.3. The Labute approximate surface area is 71.3 Å².